The minimum absolute atomic E-state index is 0.475. The number of rotatable bonds is 3. The van der Waals surface area contributed by atoms with Crippen molar-refractivity contribution in [1.82, 2.24) is 9.88 Å². The quantitative estimate of drug-likeness (QED) is 0.563. The van der Waals surface area contributed by atoms with Crippen LogP contribution < -0.4 is 0 Å². The lowest BCUT2D eigenvalue weighted by atomic mass is 9.78. The van der Waals surface area contributed by atoms with Gasteiger partial charge in [0.1, 0.15) is 0 Å². The number of aliphatic carboxylic acids is 2. The highest BCUT2D eigenvalue weighted by Gasteiger charge is 2.33. The van der Waals surface area contributed by atoms with Crippen LogP contribution in [0.15, 0.2) is 73.0 Å². The number of carboxylic acid groups (broad SMARTS) is 2. The fraction of sp³-hybridized carbons (Fsp3) is 0.200. The van der Waals surface area contributed by atoms with Gasteiger partial charge in [0.25, 0.3) is 0 Å². The molecule has 0 fully saturated rings. The minimum Gasteiger partial charge on any atom is -0.478 e. The average molecular weight is 416 g/mol. The molecule has 1 aliphatic carbocycles. The molecule has 0 saturated heterocycles. The van der Waals surface area contributed by atoms with Crippen molar-refractivity contribution < 1.29 is 19.8 Å². The Morgan fingerprint density at radius 3 is 2.42 bits per heavy atom. The molecule has 0 saturated carbocycles. The van der Waals surface area contributed by atoms with Crippen molar-refractivity contribution >= 4 is 28.4 Å². The highest BCUT2D eigenvalue weighted by atomic mass is 16.4. The summed E-state index contributed by atoms with van der Waals surface area (Å²) in [5, 5.41) is 17.1. The normalized spacial score (nSPS) is 20.0. The van der Waals surface area contributed by atoms with Crippen LogP contribution in [0.25, 0.3) is 16.5 Å². The Kier molecular flexibility index (Phi) is 5.73. The molecular formula is C25H24N2O4. The van der Waals surface area contributed by atoms with Gasteiger partial charge in [-0.2, -0.15) is 0 Å². The van der Waals surface area contributed by atoms with E-state index < -0.39 is 11.9 Å². The Morgan fingerprint density at radius 1 is 1.03 bits per heavy atom. The summed E-state index contributed by atoms with van der Waals surface area (Å²) in [6.45, 7) is 1.09. The number of aromatic nitrogens is 1. The van der Waals surface area contributed by atoms with Gasteiger partial charge in [-0.25, -0.2) is 9.59 Å². The zero-order valence-corrected chi connectivity index (χ0v) is 17.2. The predicted octanol–water partition coefficient (Wildman–Crippen LogP) is 3.92. The summed E-state index contributed by atoms with van der Waals surface area (Å²) in [5.41, 5.74) is 7.06. The van der Waals surface area contributed by atoms with Crippen LogP contribution in [0.3, 0.4) is 0 Å². The first kappa shape index (κ1) is 20.6. The summed E-state index contributed by atoms with van der Waals surface area (Å²) >= 11 is 0. The molecule has 3 N–H and O–H groups in total. The number of carboxylic acids is 2. The standard InChI is InChI=1S/C21H20N2.C4H4O4/c1-23-13-16(14-6-3-2-4-7-14)10-18-17-8-5-9-19-21(17)15(12-22-19)11-20(18)23;5-3(6)1-2-4(7)8/h2-10,12,16,20,22H,11,13H2,1H3;1-2H,(H,5,6)(H,7,8)/b;2-1-/t16-,20+;/m0./s1. The van der Waals surface area contributed by atoms with Crippen LogP contribution in [0.4, 0.5) is 0 Å². The second kappa shape index (κ2) is 8.62. The van der Waals surface area contributed by atoms with Crippen LogP contribution in [0.1, 0.15) is 22.6 Å². The molecule has 5 rings (SSSR count). The van der Waals surface area contributed by atoms with Crippen molar-refractivity contribution in [2.24, 2.45) is 0 Å². The van der Waals surface area contributed by atoms with E-state index in [1.54, 1.807) is 0 Å². The molecule has 2 heterocycles. The second-order valence-electron chi connectivity index (χ2n) is 7.85. The molecule has 6 nitrogen and oxygen atoms in total. The fourth-order valence-corrected chi connectivity index (χ4v) is 4.50. The summed E-state index contributed by atoms with van der Waals surface area (Å²) in [6.07, 6.45) is 6.94. The lowest BCUT2D eigenvalue weighted by molar-refractivity contribution is -0.134. The van der Waals surface area contributed by atoms with Crippen LogP contribution in [-0.4, -0.2) is 51.7 Å². The third kappa shape index (κ3) is 4.29. The van der Waals surface area contributed by atoms with Gasteiger partial charge in [0.05, 0.1) is 0 Å². The first-order valence-electron chi connectivity index (χ1n) is 10.1. The molecule has 2 atom stereocenters. The number of aromatic amines is 1. The number of hydrogen-bond donors (Lipinski definition) is 3. The zero-order chi connectivity index (χ0) is 22.0. The van der Waals surface area contributed by atoms with Gasteiger partial charge in [-0.05, 0) is 41.8 Å². The third-order valence-electron chi connectivity index (χ3n) is 5.86. The molecule has 2 aromatic carbocycles. The average Bonchev–Trinajstić information content (AvgIpc) is 3.18. The maximum absolute atomic E-state index is 9.55. The molecule has 1 aromatic heterocycles. The van der Waals surface area contributed by atoms with Crippen LogP contribution >= 0.6 is 0 Å². The molecular weight excluding hydrogens is 392 g/mol. The van der Waals surface area contributed by atoms with Gasteiger partial charge < -0.3 is 15.2 Å². The summed E-state index contributed by atoms with van der Waals surface area (Å²) in [5.74, 6) is -2.04. The number of nitrogens with one attached hydrogen (secondary N) is 1. The summed E-state index contributed by atoms with van der Waals surface area (Å²) in [7, 11) is 2.27. The number of H-pyrrole nitrogens is 1. The first-order chi connectivity index (χ1) is 14.9. The minimum atomic E-state index is -1.26. The van der Waals surface area contributed by atoms with E-state index in [4.69, 9.17) is 10.2 Å². The Labute approximate surface area is 180 Å². The lowest BCUT2D eigenvalue weighted by Crippen LogP contribution is -2.41. The molecule has 31 heavy (non-hydrogen) atoms. The van der Waals surface area contributed by atoms with Crippen molar-refractivity contribution in [3.05, 3.63) is 89.6 Å². The first-order valence-corrected chi connectivity index (χ1v) is 10.1. The van der Waals surface area contributed by atoms with Crippen LogP contribution in [0.2, 0.25) is 0 Å². The van der Waals surface area contributed by atoms with Crippen molar-refractivity contribution in [2.45, 2.75) is 18.4 Å². The lowest BCUT2D eigenvalue weighted by Gasteiger charge is -2.40. The number of benzene rings is 2. The molecule has 0 unspecified atom stereocenters. The van der Waals surface area contributed by atoms with Gasteiger partial charge in [-0.15, -0.1) is 0 Å². The van der Waals surface area contributed by atoms with E-state index in [9.17, 15) is 9.59 Å². The van der Waals surface area contributed by atoms with Gasteiger partial charge in [-0.1, -0.05) is 48.5 Å². The van der Waals surface area contributed by atoms with E-state index in [1.807, 2.05) is 0 Å². The molecule has 3 aromatic rings. The topological polar surface area (TPSA) is 93.6 Å². The third-order valence-corrected chi connectivity index (χ3v) is 5.86. The van der Waals surface area contributed by atoms with Crippen LogP contribution in [-0.2, 0) is 16.0 Å². The highest BCUT2D eigenvalue weighted by Crippen LogP contribution is 2.42. The fourth-order valence-electron chi connectivity index (χ4n) is 4.50. The van der Waals surface area contributed by atoms with Gasteiger partial charge >= 0.3 is 11.9 Å². The van der Waals surface area contributed by atoms with Crippen molar-refractivity contribution in [3.63, 3.8) is 0 Å². The zero-order valence-electron chi connectivity index (χ0n) is 17.2. The van der Waals surface area contributed by atoms with E-state index in [-0.39, 0.29) is 0 Å². The Bertz CT molecular complexity index is 1160. The number of nitrogens with zero attached hydrogens (tertiary/aromatic N) is 1. The largest absolute Gasteiger partial charge is 0.478 e. The van der Waals surface area contributed by atoms with E-state index >= 15 is 0 Å². The summed E-state index contributed by atoms with van der Waals surface area (Å²) in [4.78, 5) is 25.1. The molecule has 0 spiro atoms. The van der Waals surface area contributed by atoms with Crippen molar-refractivity contribution in [2.75, 3.05) is 13.6 Å². The van der Waals surface area contributed by atoms with Gasteiger partial charge in [0, 0.05) is 47.8 Å². The van der Waals surface area contributed by atoms with E-state index in [0.717, 1.165) is 13.0 Å². The van der Waals surface area contributed by atoms with E-state index in [1.165, 1.54) is 33.2 Å². The van der Waals surface area contributed by atoms with E-state index in [0.29, 0.717) is 24.1 Å². The highest BCUT2D eigenvalue weighted by molar-refractivity contribution is 5.98. The molecule has 0 amide bonds. The Hall–Kier alpha value is -3.64. The molecule has 0 bridgehead atoms. The molecule has 0 radical (unpaired) electrons. The van der Waals surface area contributed by atoms with Gasteiger partial charge in [0.2, 0.25) is 0 Å². The Balaban J connectivity index is 0.000000250. The summed E-state index contributed by atoms with van der Waals surface area (Å²) < 4.78 is 0. The molecule has 158 valence electrons. The SMILES string of the molecule is CN1C[C@@H](c2ccccc2)C=C2c3cccc4[nH]cc(c34)C[C@H]21.O=C(O)/C=C\C(=O)O. The molecule has 1 aliphatic heterocycles. The monoisotopic (exact) mass is 416 g/mol. The maximum Gasteiger partial charge on any atom is 0.328 e. The van der Waals surface area contributed by atoms with Crippen LogP contribution in [0, 0.1) is 0 Å². The van der Waals surface area contributed by atoms with Gasteiger partial charge in [-0.3, -0.25) is 4.90 Å². The second-order valence-corrected chi connectivity index (χ2v) is 7.85. The summed E-state index contributed by atoms with van der Waals surface area (Å²) in [6, 6.07) is 18.0. The van der Waals surface area contributed by atoms with Crippen molar-refractivity contribution in [3.8, 4) is 0 Å². The maximum atomic E-state index is 9.55. The number of carbonyl (C=O) groups is 2. The number of fused-ring (bicyclic) bond motifs is 2. The number of likely N-dealkylation sites (N-methyl/N-ethyl adjacent to an activating group) is 1. The molecule has 2 aliphatic rings. The van der Waals surface area contributed by atoms with Gasteiger partial charge in [0.15, 0.2) is 0 Å². The smallest absolute Gasteiger partial charge is 0.328 e. The van der Waals surface area contributed by atoms with Crippen LogP contribution in [0.5, 0.6) is 0 Å². The van der Waals surface area contributed by atoms with E-state index in [2.05, 4.69) is 77.7 Å². The van der Waals surface area contributed by atoms with Crippen molar-refractivity contribution in [1.29, 1.82) is 0 Å². The Morgan fingerprint density at radius 2 is 1.74 bits per heavy atom. The molecule has 6 heteroatoms. The number of hydrogen-bond acceptors (Lipinski definition) is 3. The predicted molar refractivity (Wildman–Crippen MR) is 120 cm³/mol.